The highest BCUT2D eigenvalue weighted by molar-refractivity contribution is 5.96. The summed E-state index contributed by atoms with van der Waals surface area (Å²) < 4.78 is 0. The minimum absolute atomic E-state index is 0.164. The smallest absolute Gasteiger partial charge is 0.209 e. The van der Waals surface area contributed by atoms with Gasteiger partial charge in [-0.3, -0.25) is 4.79 Å². The molecule has 1 heteroatoms. The van der Waals surface area contributed by atoms with Crippen molar-refractivity contribution in [2.45, 2.75) is 20.3 Å². The van der Waals surface area contributed by atoms with E-state index >= 15 is 0 Å². The minimum Gasteiger partial charge on any atom is -0.285 e. The second-order valence-corrected chi connectivity index (χ2v) is 3.16. The summed E-state index contributed by atoms with van der Waals surface area (Å²) in [5.74, 6) is 1.94. The molecule has 0 aliphatic rings. The Kier molecular flexibility index (Phi) is 2.87. The fourth-order valence-corrected chi connectivity index (χ4v) is 1.15. The summed E-state index contributed by atoms with van der Waals surface area (Å²) in [6.45, 7) is 4.07. The molecule has 66 valence electrons. The molecule has 1 rings (SSSR count). The number of benzene rings is 1. The van der Waals surface area contributed by atoms with Gasteiger partial charge in [-0.15, -0.1) is 6.42 Å². The molecule has 0 saturated carbocycles. The van der Waals surface area contributed by atoms with Gasteiger partial charge in [-0.25, -0.2) is 0 Å². The van der Waals surface area contributed by atoms with Crippen molar-refractivity contribution in [1.82, 2.24) is 0 Å². The molecular formula is C12H12O. The number of terminal acetylenes is 1. The normalized spacial score (nSPS) is 9.31. The van der Waals surface area contributed by atoms with E-state index < -0.39 is 0 Å². The standard InChI is InChI=1S/C12H12O/c1-4-12(13)8-11-6-5-9(2)10(3)7-11/h1,5-7H,8H2,2-3H3. The summed E-state index contributed by atoms with van der Waals surface area (Å²) in [5.41, 5.74) is 3.42. The molecule has 0 aromatic heterocycles. The third-order valence-corrected chi connectivity index (χ3v) is 2.10. The van der Waals surface area contributed by atoms with E-state index in [1.165, 1.54) is 11.1 Å². The summed E-state index contributed by atoms with van der Waals surface area (Å²) in [6.07, 6.45) is 5.33. The van der Waals surface area contributed by atoms with Crippen LogP contribution in [0.15, 0.2) is 18.2 Å². The van der Waals surface area contributed by atoms with Crippen molar-refractivity contribution in [3.05, 3.63) is 34.9 Å². The Labute approximate surface area is 78.8 Å². The second kappa shape index (κ2) is 3.91. The first-order chi connectivity index (χ1) is 6.13. The van der Waals surface area contributed by atoms with E-state index in [9.17, 15) is 4.79 Å². The largest absolute Gasteiger partial charge is 0.285 e. The number of carbonyl (C=O) groups excluding carboxylic acids is 1. The highest BCUT2D eigenvalue weighted by atomic mass is 16.1. The Morgan fingerprint density at radius 1 is 1.38 bits per heavy atom. The van der Waals surface area contributed by atoms with Crippen LogP contribution in [0.5, 0.6) is 0 Å². The molecule has 0 bridgehead atoms. The van der Waals surface area contributed by atoms with Gasteiger partial charge in [-0.05, 0) is 36.5 Å². The lowest BCUT2D eigenvalue weighted by molar-refractivity contribution is -0.113. The summed E-state index contributed by atoms with van der Waals surface area (Å²) in [7, 11) is 0. The van der Waals surface area contributed by atoms with Gasteiger partial charge in [0.2, 0.25) is 5.78 Å². The first kappa shape index (κ1) is 9.54. The maximum absolute atomic E-state index is 10.9. The van der Waals surface area contributed by atoms with E-state index in [0.717, 1.165) is 5.56 Å². The van der Waals surface area contributed by atoms with Crippen molar-refractivity contribution in [3.8, 4) is 12.3 Å². The molecule has 0 atom stereocenters. The molecule has 0 heterocycles. The van der Waals surface area contributed by atoms with Crippen molar-refractivity contribution in [1.29, 1.82) is 0 Å². The van der Waals surface area contributed by atoms with Gasteiger partial charge in [0.1, 0.15) is 0 Å². The quantitative estimate of drug-likeness (QED) is 0.493. The van der Waals surface area contributed by atoms with Crippen molar-refractivity contribution in [2.75, 3.05) is 0 Å². The molecule has 0 aliphatic heterocycles. The van der Waals surface area contributed by atoms with Crippen molar-refractivity contribution < 1.29 is 4.79 Å². The van der Waals surface area contributed by atoms with Gasteiger partial charge < -0.3 is 0 Å². The summed E-state index contributed by atoms with van der Waals surface area (Å²) >= 11 is 0. The third kappa shape index (κ3) is 2.45. The average Bonchev–Trinajstić information content (AvgIpc) is 2.11. The Balaban J connectivity index is 2.87. The number of aryl methyl sites for hydroxylation is 2. The van der Waals surface area contributed by atoms with E-state index in [1.54, 1.807) is 0 Å². The van der Waals surface area contributed by atoms with Gasteiger partial charge in [-0.1, -0.05) is 18.2 Å². The Morgan fingerprint density at radius 2 is 2.08 bits per heavy atom. The number of carbonyl (C=O) groups is 1. The predicted octanol–water partition coefficient (Wildman–Crippen LogP) is 2.05. The van der Waals surface area contributed by atoms with E-state index in [0.29, 0.717) is 6.42 Å². The monoisotopic (exact) mass is 172 g/mol. The maximum Gasteiger partial charge on any atom is 0.209 e. The molecule has 0 saturated heterocycles. The van der Waals surface area contributed by atoms with Crippen LogP contribution in [0.25, 0.3) is 0 Å². The van der Waals surface area contributed by atoms with E-state index in [2.05, 4.69) is 5.92 Å². The van der Waals surface area contributed by atoms with E-state index in [-0.39, 0.29) is 5.78 Å². The lowest BCUT2D eigenvalue weighted by Crippen LogP contribution is -1.99. The summed E-state index contributed by atoms with van der Waals surface area (Å²) in [5, 5.41) is 0. The van der Waals surface area contributed by atoms with Crippen LogP contribution in [0.3, 0.4) is 0 Å². The van der Waals surface area contributed by atoms with Crippen LogP contribution in [0.1, 0.15) is 16.7 Å². The lowest BCUT2D eigenvalue weighted by atomic mass is 10.0. The zero-order valence-electron chi connectivity index (χ0n) is 7.92. The van der Waals surface area contributed by atoms with E-state index in [1.807, 2.05) is 32.0 Å². The molecule has 1 aromatic carbocycles. The molecular weight excluding hydrogens is 160 g/mol. The highest BCUT2D eigenvalue weighted by Gasteiger charge is 2.00. The SMILES string of the molecule is C#CC(=O)Cc1ccc(C)c(C)c1. The Morgan fingerprint density at radius 3 is 2.62 bits per heavy atom. The van der Waals surface area contributed by atoms with Crippen LogP contribution < -0.4 is 0 Å². The van der Waals surface area contributed by atoms with Gasteiger partial charge in [0.25, 0.3) is 0 Å². The van der Waals surface area contributed by atoms with Crippen molar-refractivity contribution in [2.24, 2.45) is 0 Å². The molecule has 0 unspecified atom stereocenters. The molecule has 0 spiro atoms. The number of rotatable bonds is 2. The molecule has 0 amide bonds. The number of hydrogen-bond donors (Lipinski definition) is 0. The molecule has 1 nitrogen and oxygen atoms in total. The zero-order valence-corrected chi connectivity index (χ0v) is 7.92. The van der Waals surface area contributed by atoms with Crippen molar-refractivity contribution >= 4 is 5.78 Å². The summed E-state index contributed by atoms with van der Waals surface area (Å²) in [4.78, 5) is 10.9. The van der Waals surface area contributed by atoms with Gasteiger partial charge in [0, 0.05) is 6.42 Å². The topological polar surface area (TPSA) is 17.1 Å². The minimum atomic E-state index is -0.164. The molecule has 13 heavy (non-hydrogen) atoms. The Bertz CT molecular complexity index is 369. The molecule has 0 N–H and O–H groups in total. The van der Waals surface area contributed by atoms with Gasteiger partial charge in [-0.2, -0.15) is 0 Å². The van der Waals surface area contributed by atoms with Gasteiger partial charge in [0.15, 0.2) is 0 Å². The first-order valence-corrected chi connectivity index (χ1v) is 4.19. The summed E-state index contributed by atoms with van der Waals surface area (Å²) in [6, 6.07) is 5.95. The van der Waals surface area contributed by atoms with Crippen LogP contribution in [0.2, 0.25) is 0 Å². The third-order valence-electron chi connectivity index (χ3n) is 2.10. The van der Waals surface area contributed by atoms with Crippen molar-refractivity contribution in [3.63, 3.8) is 0 Å². The Hall–Kier alpha value is -1.55. The van der Waals surface area contributed by atoms with Crippen LogP contribution in [-0.4, -0.2) is 5.78 Å². The predicted molar refractivity (Wildman–Crippen MR) is 53.5 cm³/mol. The van der Waals surface area contributed by atoms with Crippen LogP contribution in [0, 0.1) is 26.2 Å². The van der Waals surface area contributed by atoms with E-state index in [4.69, 9.17) is 6.42 Å². The second-order valence-electron chi connectivity index (χ2n) is 3.16. The van der Waals surface area contributed by atoms with Crippen LogP contribution in [0.4, 0.5) is 0 Å². The number of ketones is 1. The maximum atomic E-state index is 10.9. The average molecular weight is 172 g/mol. The highest BCUT2D eigenvalue weighted by Crippen LogP contribution is 2.10. The fourth-order valence-electron chi connectivity index (χ4n) is 1.15. The lowest BCUT2D eigenvalue weighted by Gasteiger charge is -2.02. The first-order valence-electron chi connectivity index (χ1n) is 4.19. The van der Waals surface area contributed by atoms with Crippen LogP contribution in [-0.2, 0) is 11.2 Å². The van der Waals surface area contributed by atoms with Gasteiger partial charge >= 0.3 is 0 Å². The molecule has 1 aromatic rings. The fraction of sp³-hybridized carbons (Fsp3) is 0.250. The molecule has 0 radical (unpaired) electrons. The van der Waals surface area contributed by atoms with Gasteiger partial charge in [0.05, 0.1) is 0 Å². The molecule has 0 fully saturated rings. The molecule has 0 aliphatic carbocycles. The number of Topliss-reactive ketones (excluding diaryl/α,β-unsaturated/α-hetero) is 1. The zero-order chi connectivity index (χ0) is 9.84. The number of hydrogen-bond acceptors (Lipinski definition) is 1. The van der Waals surface area contributed by atoms with Crippen LogP contribution >= 0.6 is 0 Å².